The number of nitrogens with zero attached hydrogens (tertiary/aromatic N) is 1. The van der Waals surface area contributed by atoms with Crippen molar-refractivity contribution in [1.82, 2.24) is 4.98 Å². The van der Waals surface area contributed by atoms with Crippen LogP contribution in [-0.2, 0) is 0 Å². The van der Waals surface area contributed by atoms with Crippen LogP contribution in [0.3, 0.4) is 0 Å². The molecule has 14 heavy (non-hydrogen) atoms. The molecule has 0 radical (unpaired) electrons. The highest BCUT2D eigenvalue weighted by Crippen LogP contribution is 2.33. The molecule has 4 atom stereocenters. The minimum absolute atomic E-state index is 0.00806. The lowest BCUT2D eigenvalue weighted by atomic mass is 9.96. The van der Waals surface area contributed by atoms with Gasteiger partial charge in [0.15, 0.2) is 0 Å². The first-order chi connectivity index (χ1) is 6.70. The van der Waals surface area contributed by atoms with Gasteiger partial charge in [0.25, 0.3) is 0 Å². The van der Waals surface area contributed by atoms with Gasteiger partial charge in [-0.2, -0.15) is 0 Å². The minimum atomic E-state index is -0.819. The monoisotopic (exact) mass is 194 g/mol. The third-order valence-electron chi connectivity index (χ3n) is 2.86. The van der Waals surface area contributed by atoms with Gasteiger partial charge in [-0.05, 0) is 18.1 Å². The number of pyridine rings is 1. The Morgan fingerprint density at radius 2 is 2.21 bits per heavy atom. The summed E-state index contributed by atoms with van der Waals surface area (Å²) < 4.78 is 0. The number of aromatic nitrogens is 1. The lowest BCUT2D eigenvalue weighted by Crippen LogP contribution is -2.37. The second-order valence-electron chi connectivity index (χ2n) is 3.76. The summed E-state index contributed by atoms with van der Waals surface area (Å²) in [5.74, 6) is 0.00806. The van der Waals surface area contributed by atoms with Crippen LogP contribution in [0.15, 0.2) is 24.5 Å². The highest BCUT2D eigenvalue weighted by Gasteiger charge is 2.39. The van der Waals surface area contributed by atoms with E-state index in [9.17, 15) is 10.2 Å². The van der Waals surface area contributed by atoms with Crippen LogP contribution >= 0.6 is 0 Å². The fraction of sp³-hybridized carbons (Fsp3) is 0.500. The first kappa shape index (κ1) is 9.58. The molecule has 0 aromatic carbocycles. The van der Waals surface area contributed by atoms with E-state index in [1.807, 2.05) is 12.1 Å². The molecule has 1 heterocycles. The number of hydrogen-bond acceptors (Lipinski definition) is 4. The van der Waals surface area contributed by atoms with Crippen LogP contribution < -0.4 is 5.73 Å². The molecular formula is C10H14N2O2. The Labute approximate surface area is 82.4 Å². The standard InChI is InChI=1S/C10H14N2O2/c11-9-7(4-8(13)10(9)14)6-2-1-3-12-5-6/h1-3,5,7-10,13-14H,4,11H2/t7?,8-,9+,10+/m1/s1. The van der Waals surface area contributed by atoms with Crippen molar-refractivity contribution in [3.05, 3.63) is 30.1 Å². The Morgan fingerprint density at radius 3 is 2.71 bits per heavy atom. The van der Waals surface area contributed by atoms with Crippen LogP contribution in [0.4, 0.5) is 0 Å². The normalized spacial score (nSPS) is 37.4. The molecule has 0 aliphatic heterocycles. The van der Waals surface area contributed by atoms with Gasteiger partial charge in [0.05, 0.1) is 12.2 Å². The molecule has 1 saturated carbocycles. The predicted molar refractivity (Wildman–Crippen MR) is 51.6 cm³/mol. The Morgan fingerprint density at radius 1 is 1.43 bits per heavy atom. The van der Waals surface area contributed by atoms with E-state index < -0.39 is 18.2 Å². The summed E-state index contributed by atoms with van der Waals surface area (Å²) in [6.07, 6.45) is 2.40. The largest absolute Gasteiger partial charge is 0.390 e. The third kappa shape index (κ3) is 1.52. The third-order valence-corrected chi connectivity index (χ3v) is 2.86. The number of hydrogen-bond donors (Lipinski definition) is 3. The van der Waals surface area contributed by atoms with E-state index in [0.29, 0.717) is 6.42 Å². The zero-order valence-corrected chi connectivity index (χ0v) is 7.74. The molecule has 76 valence electrons. The second-order valence-corrected chi connectivity index (χ2v) is 3.76. The SMILES string of the molecule is N[C@H]1C(c2cccnc2)C[C@@H](O)[C@@H]1O. The molecule has 0 saturated heterocycles. The molecule has 0 bridgehead atoms. The summed E-state index contributed by atoms with van der Waals surface area (Å²) in [4.78, 5) is 3.99. The molecule has 0 amide bonds. The average Bonchev–Trinajstić information content (AvgIpc) is 2.47. The number of aliphatic hydroxyl groups is 2. The number of nitrogens with two attached hydrogens (primary N) is 1. The van der Waals surface area contributed by atoms with Gasteiger partial charge < -0.3 is 15.9 Å². The maximum Gasteiger partial charge on any atom is 0.0955 e. The van der Waals surface area contributed by atoms with Crippen molar-refractivity contribution >= 4 is 0 Å². The van der Waals surface area contributed by atoms with E-state index >= 15 is 0 Å². The Balaban J connectivity index is 2.21. The van der Waals surface area contributed by atoms with Gasteiger partial charge in [0, 0.05) is 24.4 Å². The van der Waals surface area contributed by atoms with Gasteiger partial charge in [-0.3, -0.25) is 4.98 Å². The molecule has 4 N–H and O–H groups in total. The van der Waals surface area contributed by atoms with Crippen molar-refractivity contribution in [3.63, 3.8) is 0 Å². The van der Waals surface area contributed by atoms with E-state index in [0.717, 1.165) is 5.56 Å². The summed E-state index contributed by atoms with van der Waals surface area (Å²) in [6, 6.07) is 3.36. The van der Waals surface area contributed by atoms with Crippen molar-refractivity contribution in [2.45, 2.75) is 30.6 Å². The van der Waals surface area contributed by atoms with E-state index in [-0.39, 0.29) is 5.92 Å². The van der Waals surface area contributed by atoms with Gasteiger partial charge in [-0.15, -0.1) is 0 Å². The molecule has 4 heteroatoms. The average molecular weight is 194 g/mol. The summed E-state index contributed by atoms with van der Waals surface area (Å²) in [5.41, 5.74) is 6.79. The van der Waals surface area contributed by atoms with Crippen molar-refractivity contribution in [2.24, 2.45) is 5.73 Å². The van der Waals surface area contributed by atoms with Gasteiger partial charge in [0.2, 0.25) is 0 Å². The first-order valence-corrected chi connectivity index (χ1v) is 4.72. The number of rotatable bonds is 1. The van der Waals surface area contributed by atoms with Crippen LogP contribution in [0.1, 0.15) is 17.9 Å². The van der Waals surface area contributed by atoms with Crippen molar-refractivity contribution in [1.29, 1.82) is 0 Å². The summed E-state index contributed by atoms with van der Waals surface area (Å²) in [5, 5.41) is 19.0. The fourth-order valence-corrected chi connectivity index (χ4v) is 2.00. The van der Waals surface area contributed by atoms with Gasteiger partial charge in [-0.1, -0.05) is 6.07 Å². The Kier molecular flexibility index (Phi) is 2.50. The number of aliphatic hydroxyl groups excluding tert-OH is 2. The van der Waals surface area contributed by atoms with Crippen LogP contribution in [0, 0.1) is 0 Å². The van der Waals surface area contributed by atoms with Gasteiger partial charge in [0.1, 0.15) is 0 Å². The smallest absolute Gasteiger partial charge is 0.0955 e. The highest BCUT2D eigenvalue weighted by molar-refractivity contribution is 5.21. The van der Waals surface area contributed by atoms with Gasteiger partial charge in [-0.25, -0.2) is 0 Å². The summed E-state index contributed by atoms with van der Waals surface area (Å²) in [7, 11) is 0. The second kappa shape index (κ2) is 3.65. The predicted octanol–water partition coefficient (Wildman–Crippen LogP) is -0.382. The maximum atomic E-state index is 9.50. The summed E-state index contributed by atoms with van der Waals surface area (Å²) >= 11 is 0. The summed E-state index contributed by atoms with van der Waals surface area (Å²) in [6.45, 7) is 0. The molecule has 1 fully saturated rings. The molecule has 4 nitrogen and oxygen atoms in total. The lowest BCUT2D eigenvalue weighted by molar-refractivity contribution is 0.0363. The van der Waals surface area contributed by atoms with Crippen molar-refractivity contribution < 1.29 is 10.2 Å². The van der Waals surface area contributed by atoms with Crippen LogP contribution in [0.5, 0.6) is 0 Å². The van der Waals surface area contributed by atoms with Crippen LogP contribution in [0.2, 0.25) is 0 Å². The molecular weight excluding hydrogens is 180 g/mol. The molecule has 1 aromatic rings. The van der Waals surface area contributed by atoms with Crippen molar-refractivity contribution in [2.75, 3.05) is 0 Å². The van der Waals surface area contributed by atoms with E-state index in [1.165, 1.54) is 0 Å². The Bertz CT molecular complexity index is 304. The molecule has 1 aliphatic carbocycles. The lowest BCUT2D eigenvalue weighted by Gasteiger charge is -2.16. The van der Waals surface area contributed by atoms with Crippen LogP contribution in [-0.4, -0.2) is 33.4 Å². The molecule has 0 spiro atoms. The van der Waals surface area contributed by atoms with Gasteiger partial charge >= 0.3 is 0 Å². The quantitative estimate of drug-likeness (QED) is 0.569. The topological polar surface area (TPSA) is 79.4 Å². The molecule has 2 rings (SSSR count). The molecule has 1 unspecified atom stereocenters. The zero-order chi connectivity index (χ0) is 10.1. The maximum absolute atomic E-state index is 9.50. The Hall–Kier alpha value is -0.970. The van der Waals surface area contributed by atoms with E-state index in [1.54, 1.807) is 12.4 Å². The van der Waals surface area contributed by atoms with E-state index in [2.05, 4.69) is 4.98 Å². The molecule has 1 aliphatic rings. The fourth-order valence-electron chi connectivity index (χ4n) is 2.00. The van der Waals surface area contributed by atoms with Crippen molar-refractivity contribution in [3.8, 4) is 0 Å². The highest BCUT2D eigenvalue weighted by atomic mass is 16.3. The van der Waals surface area contributed by atoms with Crippen LogP contribution in [0.25, 0.3) is 0 Å². The molecule has 1 aromatic heterocycles. The minimum Gasteiger partial charge on any atom is -0.390 e. The zero-order valence-electron chi connectivity index (χ0n) is 7.74. The first-order valence-electron chi connectivity index (χ1n) is 4.72. The van der Waals surface area contributed by atoms with E-state index in [4.69, 9.17) is 5.73 Å².